The van der Waals surface area contributed by atoms with E-state index in [1.54, 1.807) is 0 Å². The van der Waals surface area contributed by atoms with E-state index in [4.69, 9.17) is 14.2 Å². The van der Waals surface area contributed by atoms with Crippen molar-refractivity contribution in [2.45, 2.75) is 44.8 Å². The van der Waals surface area contributed by atoms with Crippen LogP contribution in [0, 0.1) is 5.92 Å². The molecule has 0 aromatic heterocycles. The molecule has 1 aliphatic heterocycles. The lowest BCUT2D eigenvalue weighted by Crippen LogP contribution is -2.27. The van der Waals surface area contributed by atoms with E-state index in [1.807, 2.05) is 18.2 Å². The maximum absolute atomic E-state index is 10.2. The van der Waals surface area contributed by atoms with Crippen LogP contribution in [0.15, 0.2) is 18.2 Å². The highest BCUT2D eigenvalue weighted by Gasteiger charge is 2.23. The highest BCUT2D eigenvalue weighted by Crippen LogP contribution is 2.34. The van der Waals surface area contributed by atoms with Crippen molar-refractivity contribution in [3.8, 4) is 11.5 Å². The topological polar surface area (TPSA) is 47.9 Å². The largest absolute Gasteiger partial charge is 0.454 e. The zero-order chi connectivity index (χ0) is 13.9. The molecule has 1 saturated carbocycles. The Morgan fingerprint density at radius 2 is 2.05 bits per heavy atom. The van der Waals surface area contributed by atoms with Crippen LogP contribution >= 0.6 is 0 Å². The van der Waals surface area contributed by atoms with Crippen molar-refractivity contribution in [2.75, 3.05) is 13.4 Å². The van der Waals surface area contributed by atoms with Crippen LogP contribution in [0.25, 0.3) is 0 Å². The lowest BCUT2D eigenvalue weighted by Gasteiger charge is -2.29. The Labute approximate surface area is 119 Å². The van der Waals surface area contributed by atoms with Gasteiger partial charge in [-0.25, -0.2) is 0 Å². The Bertz CT molecular complexity index is 460. The number of aliphatic hydroxyl groups is 1. The highest BCUT2D eigenvalue weighted by atomic mass is 16.7. The van der Waals surface area contributed by atoms with Gasteiger partial charge >= 0.3 is 0 Å². The van der Waals surface area contributed by atoms with Gasteiger partial charge in [-0.3, -0.25) is 0 Å². The molecule has 1 fully saturated rings. The third-order valence-electron chi connectivity index (χ3n) is 4.28. The first-order valence-electron chi connectivity index (χ1n) is 7.43. The van der Waals surface area contributed by atoms with E-state index in [1.165, 1.54) is 19.3 Å². The van der Waals surface area contributed by atoms with Gasteiger partial charge in [0.05, 0.1) is 12.7 Å². The van der Waals surface area contributed by atoms with Gasteiger partial charge in [-0.1, -0.05) is 25.8 Å². The smallest absolute Gasteiger partial charge is 0.231 e. The van der Waals surface area contributed by atoms with Crippen LogP contribution in [0.3, 0.4) is 0 Å². The molecule has 110 valence electrons. The van der Waals surface area contributed by atoms with E-state index in [0.717, 1.165) is 17.7 Å². The minimum Gasteiger partial charge on any atom is -0.454 e. The molecule has 20 heavy (non-hydrogen) atoms. The molecule has 1 aliphatic carbocycles. The Morgan fingerprint density at radius 3 is 2.90 bits per heavy atom. The summed E-state index contributed by atoms with van der Waals surface area (Å²) in [6.45, 7) is 2.83. The zero-order valence-corrected chi connectivity index (χ0v) is 11.9. The van der Waals surface area contributed by atoms with Crippen LogP contribution in [0.2, 0.25) is 0 Å². The van der Waals surface area contributed by atoms with E-state index in [0.29, 0.717) is 18.3 Å². The molecule has 0 spiro atoms. The molecule has 3 atom stereocenters. The van der Waals surface area contributed by atoms with Gasteiger partial charge in [-0.05, 0) is 36.5 Å². The van der Waals surface area contributed by atoms with E-state index in [-0.39, 0.29) is 12.9 Å². The maximum Gasteiger partial charge on any atom is 0.231 e. The second kappa shape index (κ2) is 6.02. The lowest BCUT2D eigenvalue weighted by molar-refractivity contribution is -0.0467. The van der Waals surface area contributed by atoms with Crippen LogP contribution < -0.4 is 9.47 Å². The summed E-state index contributed by atoms with van der Waals surface area (Å²) >= 11 is 0. The summed E-state index contributed by atoms with van der Waals surface area (Å²) in [4.78, 5) is 0. The Kier molecular flexibility index (Phi) is 4.13. The number of hydrogen-bond acceptors (Lipinski definition) is 4. The van der Waals surface area contributed by atoms with Gasteiger partial charge in [-0.2, -0.15) is 0 Å². The van der Waals surface area contributed by atoms with Crippen molar-refractivity contribution in [3.63, 3.8) is 0 Å². The SMILES string of the molecule is CC1CCCCC1OCC(O)c1ccc2c(c1)OCO2. The minimum atomic E-state index is -0.612. The predicted octanol–water partition coefficient (Wildman–Crippen LogP) is 3.04. The van der Waals surface area contributed by atoms with Crippen molar-refractivity contribution >= 4 is 0 Å². The van der Waals surface area contributed by atoms with E-state index in [2.05, 4.69) is 6.92 Å². The number of hydrogen-bond donors (Lipinski definition) is 1. The van der Waals surface area contributed by atoms with Gasteiger partial charge in [0.2, 0.25) is 6.79 Å². The first kappa shape index (κ1) is 13.7. The molecule has 1 aromatic rings. The third kappa shape index (κ3) is 2.91. The molecule has 3 unspecified atom stereocenters. The average molecular weight is 278 g/mol. The molecule has 1 N–H and O–H groups in total. The number of aliphatic hydroxyl groups excluding tert-OH is 1. The van der Waals surface area contributed by atoms with Gasteiger partial charge in [0, 0.05) is 0 Å². The van der Waals surface area contributed by atoms with Crippen molar-refractivity contribution < 1.29 is 19.3 Å². The van der Waals surface area contributed by atoms with Crippen LogP contribution in [0.1, 0.15) is 44.3 Å². The van der Waals surface area contributed by atoms with Crippen molar-refractivity contribution in [1.29, 1.82) is 0 Å². The van der Waals surface area contributed by atoms with E-state index >= 15 is 0 Å². The summed E-state index contributed by atoms with van der Waals surface area (Å²) in [6.07, 6.45) is 4.53. The lowest BCUT2D eigenvalue weighted by atomic mass is 9.88. The summed E-state index contributed by atoms with van der Waals surface area (Å²) in [5.41, 5.74) is 0.817. The predicted molar refractivity (Wildman–Crippen MR) is 74.9 cm³/mol. The molecule has 4 nitrogen and oxygen atoms in total. The summed E-state index contributed by atoms with van der Waals surface area (Å²) < 4.78 is 16.5. The highest BCUT2D eigenvalue weighted by molar-refractivity contribution is 5.45. The van der Waals surface area contributed by atoms with Crippen molar-refractivity contribution in [3.05, 3.63) is 23.8 Å². The van der Waals surface area contributed by atoms with Crippen LogP contribution in [-0.4, -0.2) is 24.6 Å². The number of rotatable bonds is 4. The molecule has 0 saturated heterocycles. The fourth-order valence-corrected chi connectivity index (χ4v) is 2.96. The Morgan fingerprint density at radius 1 is 1.25 bits per heavy atom. The van der Waals surface area contributed by atoms with E-state index in [9.17, 15) is 5.11 Å². The Balaban J connectivity index is 1.57. The van der Waals surface area contributed by atoms with Gasteiger partial charge in [0.15, 0.2) is 11.5 Å². The molecular weight excluding hydrogens is 256 g/mol. The molecule has 1 heterocycles. The molecule has 0 bridgehead atoms. The zero-order valence-electron chi connectivity index (χ0n) is 11.9. The van der Waals surface area contributed by atoms with Crippen LogP contribution in [-0.2, 0) is 4.74 Å². The fraction of sp³-hybridized carbons (Fsp3) is 0.625. The van der Waals surface area contributed by atoms with Gasteiger partial charge in [0.1, 0.15) is 6.10 Å². The second-order valence-corrected chi connectivity index (χ2v) is 5.76. The summed E-state index contributed by atoms with van der Waals surface area (Å²) in [6, 6.07) is 5.54. The first-order valence-corrected chi connectivity index (χ1v) is 7.43. The fourth-order valence-electron chi connectivity index (χ4n) is 2.96. The average Bonchev–Trinajstić information content (AvgIpc) is 2.93. The number of benzene rings is 1. The molecule has 1 aromatic carbocycles. The molecule has 3 rings (SSSR count). The van der Waals surface area contributed by atoms with Gasteiger partial charge in [0.25, 0.3) is 0 Å². The van der Waals surface area contributed by atoms with Gasteiger partial charge < -0.3 is 19.3 Å². The van der Waals surface area contributed by atoms with Crippen LogP contribution in [0.5, 0.6) is 11.5 Å². The molecular formula is C16H22O4. The maximum atomic E-state index is 10.2. The quantitative estimate of drug-likeness (QED) is 0.919. The molecule has 2 aliphatic rings. The van der Waals surface area contributed by atoms with E-state index < -0.39 is 6.10 Å². The summed E-state index contributed by atoms with van der Waals surface area (Å²) in [7, 11) is 0. The number of ether oxygens (including phenoxy) is 3. The minimum absolute atomic E-state index is 0.255. The molecule has 4 heteroatoms. The monoisotopic (exact) mass is 278 g/mol. The summed E-state index contributed by atoms with van der Waals surface area (Å²) in [5.74, 6) is 2.03. The number of fused-ring (bicyclic) bond motifs is 1. The van der Waals surface area contributed by atoms with Gasteiger partial charge in [-0.15, -0.1) is 0 Å². The molecule has 0 amide bonds. The molecule has 0 radical (unpaired) electrons. The Hall–Kier alpha value is -1.26. The second-order valence-electron chi connectivity index (χ2n) is 5.76. The van der Waals surface area contributed by atoms with Crippen LogP contribution in [0.4, 0.5) is 0 Å². The first-order chi connectivity index (χ1) is 9.74. The van der Waals surface area contributed by atoms with Crippen molar-refractivity contribution in [1.82, 2.24) is 0 Å². The third-order valence-corrected chi connectivity index (χ3v) is 4.28. The van der Waals surface area contributed by atoms with Crippen molar-refractivity contribution in [2.24, 2.45) is 5.92 Å². The standard InChI is InChI=1S/C16H22O4/c1-11-4-2-3-5-14(11)18-9-13(17)12-6-7-15-16(8-12)20-10-19-15/h6-8,11,13-14,17H,2-5,9-10H2,1H3. The summed E-state index contributed by atoms with van der Waals surface area (Å²) in [5, 5.41) is 10.2. The normalized spacial score (nSPS) is 26.5.